The van der Waals surface area contributed by atoms with Crippen molar-refractivity contribution < 1.29 is 0 Å². The maximum Gasteiger partial charge on any atom is 0.0976 e. The first-order chi connectivity index (χ1) is 11.8. The van der Waals surface area contributed by atoms with E-state index in [1.165, 1.54) is 14.6 Å². The molecule has 3 heterocycles. The summed E-state index contributed by atoms with van der Waals surface area (Å²) in [6.45, 7) is 0. The zero-order valence-electron chi connectivity index (χ0n) is 12.6. The lowest BCUT2D eigenvalue weighted by Crippen LogP contribution is -1.91. The standard InChI is InChI=1S/C20H12BrNS2/c21-20-11-8-16(22(20)13-12-15-5-2-1-3-6-15)17-9-10-19(24-17)18-7-4-14-23-18/h1-11,14H. The number of rotatable bonds is 2. The summed E-state index contributed by atoms with van der Waals surface area (Å²) < 4.78 is 2.96. The van der Waals surface area contributed by atoms with Gasteiger partial charge in [0.25, 0.3) is 0 Å². The molecule has 4 heteroatoms. The van der Waals surface area contributed by atoms with E-state index in [9.17, 15) is 0 Å². The van der Waals surface area contributed by atoms with Crippen LogP contribution in [0.3, 0.4) is 0 Å². The van der Waals surface area contributed by atoms with E-state index in [0.717, 1.165) is 15.9 Å². The van der Waals surface area contributed by atoms with Gasteiger partial charge in [0.15, 0.2) is 0 Å². The minimum absolute atomic E-state index is 0.965. The highest BCUT2D eigenvalue weighted by Gasteiger charge is 2.11. The molecule has 24 heavy (non-hydrogen) atoms. The van der Waals surface area contributed by atoms with E-state index in [1.807, 2.05) is 41.0 Å². The van der Waals surface area contributed by atoms with E-state index >= 15 is 0 Å². The van der Waals surface area contributed by atoms with Gasteiger partial charge in [-0.05, 0) is 69.7 Å². The van der Waals surface area contributed by atoms with Gasteiger partial charge in [-0.1, -0.05) is 24.3 Å². The van der Waals surface area contributed by atoms with Crippen LogP contribution in [0.1, 0.15) is 5.56 Å². The van der Waals surface area contributed by atoms with Crippen LogP contribution in [0.25, 0.3) is 20.3 Å². The fraction of sp³-hybridized carbons (Fsp3) is 0. The summed E-state index contributed by atoms with van der Waals surface area (Å²) in [6.07, 6.45) is 0. The maximum absolute atomic E-state index is 3.60. The molecule has 0 saturated heterocycles. The topological polar surface area (TPSA) is 4.93 Å². The van der Waals surface area contributed by atoms with Gasteiger partial charge in [-0.25, -0.2) is 0 Å². The molecule has 0 amide bonds. The molecule has 0 bridgehead atoms. The van der Waals surface area contributed by atoms with Gasteiger partial charge in [0, 0.05) is 21.4 Å². The van der Waals surface area contributed by atoms with Crippen molar-refractivity contribution in [3.05, 3.63) is 82.3 Å². The molecule has 0 unspecified atom stereocenters. The molecule has 0 aliphatic heterocycles. The molecule has 0 spiro atoms. The van der Waals surface area contributed by atoms with Gasteiger partial charge < -0.3 is 0 Å². The van der Waals surface area contributed by atoms with Gasteiger partial charge in [-0.3, -0.25) is 4.57 Å². The van der Waals surface area contributed by atoms with E-state index < -0.39 is 0 Å². The predicted molar refractivity (Wildman–Crippen MR) is 107 cm³/mol. The molecule has 0 atom stereocenters. The second-order valence-electron chi connectivity index (χ2n) is 5.12. The Morgan fingerprint density at radius 1 is 0.792 bits per heavy atom. The van der Waals surface area contributed by atoms with Crippen molar-refractivity contribution in [2.75, 3.05) is 0 Å². The molecule has 116 valence electrons. The molecule has 1 nitrogen and oxygen atoms in total. The smallest absolute Gasteiger partial charge is 0.0976 e. The number of aromatic nitrogens is 1. The normalized spacial score (nSPS) is 10.4. The zero-order chi connectivity index (χ0) is 16.4. The van der Waals surface area contributed by atoms with Gasteiger partial charge in [0.2, 0.25) is 0 Å². The molecule has 0 radical (unpaired) electrons. The Bertz CT molecular complexity index is 1010. The largest absolute Gasteiger partial charge is 0.261 e. The van der Waals surface area contributed by atoms with E-state index in [4.69, 9.17) is 0 Å². The summed E-state index contributed by atoms with van der Waals surface area (Å²) in [5.41, 5.74) is 2.12. The van der Waals surface area contributed by atoms with Crippen LogP contribution in [-0.4, -0.2) is 4.57 Å². The van der Waals surface area contributed by atoms with Crippen molar-refractivity contribution in [3.63, 3.8) is 0 Å². The lowest BCUT2D eigenvalue weighted by Gasteiger charge is -2.00. The van der Waals surface area contributed by atoms with E-state index in [-0.39, 0.29) is 0 Å². The Morgan fingerprint density at radius 3 is 2.42 bits per heavy atom. The van der Waals surface area contributed by atoms with Gasteiger partial charge in [0.05, 0.1) is 15.2 Å². The Labute approximate surface area is 157 Å². The first kappa shape index (κ1) is 15.5. The predicted octanol–water partition coefficient (Wildman–Crippen LogP) is 6.56. The van der Waals surface area contributed by atoms with Crippen molar-refractivity contribution >= 4 is 38.6 Å². The molecule has 0 saturated carbocycles. The molecule has 4 aromatic rings. The Balaban J connectivity index is 1.72. The van der Waals surface area contributed by atoms with E-state index in [1.54, 1.807) is 22.7 Å². The van der Waals surface area contributed by atoms with E-state index in [2.05, 4.69) is 63.6 Å². The van der Waals surface area contributed by atoms with Gasteiger partial charge >= 0.3 is 0 Å². The number of hydrogen-bond donors (Lipinski definition) is 0. The number of nitrogens with zero attached hydrogens (tertiary/aromatic N) is 1. The molecular formula is C20H12BrNS2. The van der Waals surface area contributed by atoms with Crippen molar-refractivity contribution in [1.29, 1.82) is 0 Å². The summed E-state index contributed by atoms with van der Waals surface area (Å²) in [6, 6.07) is 26.0. The second kappa shape index (κ2) is 6.82. The highest BCUT2D eigenvalue weighted by molar-refractivity contribution is 9.10. The molecule has 0 aliphatic rings. The lowest BCUT2D eigenvalue weighted by atomic mass is 10.2. The van der Waals surface area contributed by atoms with Crippen molar-refractivity contribution in [3.8, 4) is 32.3 Å². The summed E-state index contributed by atoms with van der Waals surface area (Å²) >= 11 is 7.16. The second-order valence-corrected chi connectivity index (χ2v) is 7.96. The lowest BCUT2D eigenvalue weighted by molar-refractivity contribution is 1.12. The third-order valence-corrected chi connectivity index (χ3v) is 6.33. The van der Waals surface area contributed by atoms with Crippen LogP contribution in [0.15, 0.2) is 76.7 Å². The Morgan fingerprint density at radius 2 is 1.62 bits per heavy atom. The number of halogens is 1. The number of benzene rings is 1. The summed E-state index contributed by atoms with van der Waals surface area (Å²) in [7, 11) is 0. The summed E-state index contributed by atoms with van der Waals surface area (Å²) in [4.78, 5) is 3.81. The average molecular weight is 410 g/mol. The van der Waals surface area contributed by atoms with Crippen molar-refractivity contribution in [2.45, 2.75) is 0 Å². The minimum atomic E-state index is 0.965. The number of hydrogen-bond acceptors (Lipinski definition) is 2. The van der Waals surface area contributed by atoms with Gasteiger partial charge in [0.1, 0.15) is 0 Å². The van der Waals surface area contributed by atoms with Crippen LogP contribution >= 0.6 is 38.6 Å². The molecule has 0 aliphatic carbocycles. The van der Waals surface area contributed by atoms with Crippen molar-refractivity contribution in [1.82, 2.24) is 4.57 Å². The fourth-order valence-electron chi connectivity index (χ4n) is 2.39. The highest BCUT2D eigenvalue weighted by Crippen LogP contribution is 2.37. The van der Waals surface area contributed by atoms with Crippen LogP contribution in [0, 0.1) is 12.0 Å². The molecule has 0 N–H and O–H groups in total. The third-order valence-electron chi connectivity index (χ3n) is 3.54. The van der Waals surface area contributed by atoms with E-state index in [0.29, 0.717) is 0 Å². The summed E-state index contributed by atoms with van der Waals surface area (Å²) in [5, 5.41) is 2.11. The Kier molecular flexibility index (Phi) is 4.40. The fourth-order valence-corrected chi connectivity index (χ4v) is 4.65. The first-order valence-electron chi connectivity index (χ1n) is 7.40. The van der Waals surface area contributed by atoms with Crippen LogP contribution in [-0.2, 0) is 0 Å². The van der Waals surface area contributed by atoms with Gasteiger partial charge in [-0.2, -0.15) is 0 Å². The SMILES string of the molecule is Brc1ccc(-c2ccc(-c3cccs3)s2)n1C#Cc1ccccc1. The van der Waals surface area contributed by atoms with Crippen LogP contribution in [0.4, 0.5) is 0 Å². The van der Waals surface area contributed by atoms with Crippen molar-refractivity contribution in [2.24, 2.45) is 0 Å². The van der Waals surface area contributed by atoms with Gasteiger partial charge in [-0.15, -0.1) is 22.7 Å². The monoisotopic (exact) mass is 409 g/mol. The highest BCUT2D eigenvalue weighted by atomic mass is 79.9. The third kappa shape index (κ3) is 3.11. The zero-order valence-corrected chi connectivity index (χ0v) is 15.8. The Hall–Kier alpha value is -2.06. The van der Waals surface area contributed by atoms with Crippen LogP contribution in [0.2, 0.25) is 0 Å². The summed E-state index contributed by atoms with van der Waals surface area (Å²) in [5.74, 6) is 3.22. The average Bonchev–Trinajstić information content (AvgIpc) is 3.34. The first-order valence-corrected chi connectivity index (χ1v) is 9.88. The van der Waals surface area contributed by atoms with Crippen LogP contribution < -0.4 is 0 Å². The molecule has 4 rings (SSSR count). The number of thiophene rings is 2. The molecule has 0 fully saturated rings. The van der Waals surface area contributed by atoms with Crippen LogP contribution in [0.5, 0.6) is 0 Å². The molecule has 1 aromatic carbocycles. The molecular weight excluding hydrogens is 398 g/mol. The molecule has 3 aromatic heterocycles. The maximum atomic E-state index is 3.60. The quantitative estimate of drug-likeness (QED) is 0.330. The minimum Gasteiger partial charge on any atom is -0.261 e.